The van der Waals surface area contributed by atoms with Crippen molar-refractivity contribution in [1.82, 2.24) is 4.31 Å². The Kier molecular flexibility index (Phi) is 5.61. The predicted octanol–water partition coefficient (Wildman–Crippen LogP) is 0.487. The van der Waals surface area contributed by atoms with Crippen LogP contribution >= 0.6 is 0 Å². The molecule has 1 aromatic rings. The summed E-state index contributed by atoms with van der Waals surface area (Å²) in [7, 11) is -3.85. The summed E-state index contributed by atoms with van der Waals surface area (Å²) in [5.41, 5.74) is -0.0939. The summed E-state index contributed by atoms with van der Waals surface area (Å²) in [6.45, 7) is 2.48. The maximum Gasteiger partial charge on any atom is 0.243 e. The van der Waals surface area contributed by atoms with Gasteiger partial charge in [-0.15, -0.1) is 6.58 Å². The zero-order chi connectivity index (χ0) is 14.5. The molecule has 0 radical (unpaired) electrons. The molecule has 0 unspecified atom stereocenters. The van der Waals surface area contributed by atoms with Crippen LogP contribution in [0.15, 0.2) is 35.7 Å². The first-order valence-electron chi connectivity index (χ1n) is 5.58. The van der Waals surface area contributed by atoms with Gasteiger partial charge in [0.25, 0.3) is 0 Å². The Bertz CT molecular complexity index is 545. The minimum absolute atomic E-state index is 0.0364. The molecule has 0 fully saturated rings. The van der Waals surface area contributed by atoms with E-state index in [-0.39, 0.29) is 30.2 Å². The summed E-state index contributed by atoms with van der Waals surface area (Å²) in [6, 6.07) is 3.19. The lowest BCUT2D eigenvalue weighted by atomic mass is 10.2. The van der Waals surface area contributed by atoms with E-state index >= 15 is 0 Å². The van der Waals surface area contributed by atoms with Crippen molar-refractivity contribution >= 4 is 10.0 Å². The van der Waals surface area contributed by atoms with Gasteiger partial charge in [-0.2, -0.15) is 4.31 Å². The topological polar surface area (TPSA) is 77.8 Å². The van der Waals surface area contributed by atoms with Crippen molar-refractivity contribution in [1.29, 1.82) is 0 Å². The van der Waals surface area contributed by atoms with E-state index < -0.39 is 22.4 Å². The molecule has 1 aromatic carbocycles. The number of aliphatic hydroxyl groups is 2. The van der Waals surface area contributed by atoms with Crippen LogP contribution in [0, 0.1) is 5.82 Å². The first-order valence-corrected chi connectivity index (χ1v) is 7.02. The van der Waals surface area contributed by atoms with Gasteiger partial charge in [0.2, 0.25) is 10.0 Å². The van der Waals surface area contributed by atoms with Crippen molar-refractivity contribution in [2.75, 3.05) is 19.7 Å². The van der Waals surface area contributed by atoms with Crippen LogP contribution in [0.5, 0.6) is 0 Å². The molecule has 0 atom stereocenters. The predicted molar refractivity (Wildman–Crippen MR) is 68.4 cm³/mol. The standard InChI is InChI=1S/C12H16FNO4S/c1-2-5-14(6-7-15)19(17,18)11-3-4-12(13)10(8-11)9-16/h2-4,8,15-16H,1,5-7,9H2. The lowest BCUT2D eigenvalue weighted by Gasteiger charge is -2.20. The number of sulfonamides is 1. The number of rotatable bonds is 7. The number of nitrogens with zero attached hydrogens (tertiary/aromatic N) is 1. The van der Waals surface area contributed by atoms with Gasteiger partial charge in [-0.05, 0) is 18.2 Å². The zero-order valence-electron chi connectivity index (χ0n) is 10.3. The molecule has 0 saturated heterocycles. The van der Waals surface area contributed by atoms with Crippen molar-refractivity contribution in [3.63, 3.8) is 0 Å². The van der Waals surface area contributed by atoms with Gasteiger partial charge in [-0.1, -0.05) is 6.08 Å². The zero-order valence-corrected chi connectivity index (χ0v) is 11.1. The number of hydrogen-bond donors (Lipinski definition) is 2. The molecule has 0 aliphatic heterocycles. The summed E-state index contributed by atoms with van der Waals surface area (Å²) < 4.78 is 38.8. The van der Waals surface area contributed by atoms with Crippen LogP contribution in [0.3, 0.4) is 0 Å². The van der Waals surface area contributed by atoms with E-state index in [4.69, 9.17) is 10.2 Å². The van der Waals surface area contributed by atoms with Crippen LogP contribution in [0.4, 0.5) is 4.39 Å². The van der Waals surface area contributed by atoms with Gasteiger partial charge in [0, 0.05) is 18.7 Å². The van der Waals surface area contributed by atoms with E-state index in [1.54, 1.807) is 0 Å². The molecular weight excluding hydrogens is 273 g/mol. The Morgan fingerprint density at radius 1 is 1.37 bits per heavy atom. The summed E-state index contributed by atoms with van der Waals surface area (Å²) >= 11 is 0. The van der Waals surface area contributed by atoms with Gasteiger partial charge in [-0.25, -0.2) is 12.8 Å². The minimum atomic E-state index is -3.85. The largest absolute Gasteiger partial charge is 0.395 e. The molecule has 0 saturated carbocycles. The van der Waals surface area contributed by atoms with Gasteiger partial charge >= 0.3 is 0 Å². The summed E-state index contributed by atoms with van der Waals surface area (Å²) in [5, 5.41) is 17.8. The van der Waals surface area contributed by atoms with E-state index in [0.29, 0.717) is 0 Å². The highest BCUT2D eigenvalue weighted by Gasteiger charge is 2.23. The van der Waals surface area contributed by atoms with Gasteiger partial charge in [-0.3, -0.25) is 0 Å². The van der Waals surface area contributed by atoms with Crippen LogP contribution < -0.4 is 0 Å². The van der Waals surface area contributed by atoms with Crippen molar-refractivity contribution < 1.29 is 23.0 Å². The van der Waals surface area contributed by atoms with Crippen LogP contribution in [-0.4, -0.2) is 42.6 Å². The second kappa shape index (κ2) is 6.76. The molecule has 0 heterocycles. The summed E-state index contributed by atoms with van der Waals surface area (Å²) in [5.74, 6) is -0.668. The molecule has 0 spiro atoms. The Morgan fingerprint density at radius 2 is 2.05 bits per heavy atom. The van der Waals surface area contributed by atoms with Crippen LogP contribution in [0.2, 0.25) is 0 Å². The lowest BCUT2D eigenvalue weighted by molar-refractivity contribution is 0.260. The average Bonchev–Trinajstić information content (AvgIpc) is 2.38. The van der Waals surface area contributed by atoms with Gasteiger partial charge in [0.05, 0.1) is 18.1 Å². The van der Waals surface area contributed by atoms with Gasteiger partial charge in [0.15, 0.2) is 0 Å². The summed E-state index contributed by atoms with van der Waals surface area (Å²) in [6.07, 6.45) is 1.39. The molecule has 0 bridgehead atoms. The van der Waals surface area contributed by atoms with Crippen LogP contribution in [0.1, 0.15) is 5.56 Å². The number of aliphatic hydroxyl groups excluding tert-OH is 2. The number of halogens is 1. The van der Waals surface area contributed by atoms with Crippen LogP contribution in [-0.2, 0) is 16.6 Å². The second-order valence-corrected chi connectivity index (χ2v) is 5.72. The maximum absolute atomic E-state index is 13.2. The molecule has 0 aliphatic rings. The third kappa shape index (κ3) is 3.60. The number of benzene rings is 1. The molecule has 1 rings (SSSR count). The van der Waals surface area contributed by atoms with E-state index in [2.05, 4.69) is 6.58 Å². The highest BCUT2D eigenvalue weighted by Crippen LogP contribution is 2.19. The molecule has 7 heteroatoms. The highest BCUT2D eigenvalue weighted by molar-refractivity contribution is 7.89. The first kappa shape index (κ1) is 15.8. The van der Waals surface area contributed by atoms with Crippen molar-refractivity contribution in [2.24, 2.45) is 0 Å². The third-order valence-corrected chi connectivity index (χ3v) is 4.37. The third-order valence-electron chi connectivity index (χ3n) is 2.51. The Balaban J connectivity index is 3.20. The molecule has 2 N–H and O–H groups in total. The SMILES string of the molecule is C=CCN(CCO)S(=O)(=O)c1ccc(F)c(CO)c1. The fourth-order valence-corrected chi connectivity index (χ4v) is 3.00. The first-order chi connectivity index (χ1) is 8.97. The molecule has 0 aromatic heterocycles. The van der Waals surface area contributed by atoms with E-state index in [1.165, 1.54) is 6.08 Å². The lowest BCUT2D eigenvalue weighted by Crippen LogP contribution is -2.33. The van der Waals surface area contributed by atoms with Gasteiger partial charge in [0.1, 0.15) is 5.82 Å². The van der Waals surface area contributed by atoms with Gasteiger partial charge < -0.3 is 10.2 Å². The Hall–Kier alpha value is -1.28. The smallest absolute Gasteiger partial charge is 0.243 e. The molecule has 0 aliphatic carbocycles. The quantitative estimate of drug-likeness (QED) is 0.716. The average molecular weight is 289 g/mol. The molecule has 5 nitrogen and oxygen atoms in total. The van der Waals surface area contributed by atoms with Crippen LogP contribution in [0.25, 0.3) is 0 Å². The maximum atomic E-state index is 13.2. The Labute approximate surface area is 111 Å². The van der Waals surface area contributed by atoms with Crippen molar-refractivity contribution in [2.45, 2.75) is 11.5 Å². The fraction of sp³-hybridized carbons (Fsp3) is 0.333. The molecule has 19 heavy (non-hydrogen) atoms. The number of hydrogen-bond acceptors (Lipinski definition) is 4. The summed E-state index contributed by atoms with van der Waals surface area (Å²) in [4.78, 5) is -0.131. The monoisotopic (exact) mass is 289 g/mol. The Morgan fingerprint density at radius 3 is 2.58 bits per heavy atom. The fourth-order valence-electron chi connectivity index (χ4n) is 1.55. The van der Waals surface area contributed by atoms with E-state index in [9.17, 15) is 12.8 Å². The van der Waals surface area contributed by atoms with Crippen molar-refractivity contribution in [3.8, 4) is 0 Å². The van der Waals surface area contributed by atoms with Crippen molar-refractivity contribution in [3.05, 3.63) is 42.2 Å². The molecule has 106 valence electrons. The highest BCUT2D eigenvalue weighted by atomic mass is 32.2. The molecular formula is C12H16FNO4S. The second-order valence-electron chi connectivity index (χ2n) is 3.79. The van der Waals surface area contributed by atoms with E-state index in [1.807, 2.05) is 0 Å². The minimum Gasteiger partial charge on any atom is -0.395 e. The van der Waals surface area contributed by atoms with E-state index in [0.717, 1.165) is 22.5 Å². The molecule has 0 amide bonds. The normalized spacial score (nSPS) is 11.8.